The molecule has 0 spiro atoms. The number of carbonyl (C=O) groups excluding carboxylic acids is 1. The van der Waals surface area contributed by atoms with Crippen molar-refractivity contribution in [1.82, 2.24) is 14.9 Å². The molecule has 1 aliphatic rings. The van der Waals surface area contributed by atoms with Gasteiger partial charge in [-0.2, -0.15) is 0 Å². The van der Waals surface area contributed by atoms with Crippen LogP contribution in [-0.2, 0) is 11.3 Å². The van der Waals surface area contributed by atoms with Gasteiger partial charge in [0.15, 0.2) is 0 Å². The molecular weight excluding hydrogens is 387 g/mol. The topological polar surface area (TPSA) is 70.2 Å². The SMILES string of the molecule is O=C(Nc1ccccc1Cl)c1[nH]c2nc(Cl)ccc2c1CN1CCOCC1. The highest BCUT2D eigenvalue weighted by molar-refractivity contribution is 6.34. The van der Waals surface area contributed by atoms with Crippen LogP contribution in [0.3, 0.4) is 0 Å². The Morgan fingerprint density at radius 2 is 1.96 bits per heavy atom. The molecule has 1 aromatic carbocycles. The zero-order valence-corrected chi connectivity index (χ0v) is 16.0. The minimum Gasteiger partial charge on any atom is -0.379 e. The first kappa shape index (κ1) is 18.3. The maximum absolute atomic E-state index is 13.0. The number of nitrogens with zero attached hydrogens (tertiary/aromatic N) is 2. The smallest absolute Gasteiger partial charge is 0.272 e. The number of para-hydroxylation sites is 1. The summed E-state index contributed by atoms with van der Waals surface area (Å²) in [6, 6.07) is 10.8. The van der Waals surface area contributed by atoms with Gasteiger partial charge in [0, 0.05) is 30.6 Å². The van der Waals surface area contributed by atoms with Gasteiger partial charge in [0.1, 0.15) is 16.5 Å². The highest BCUT2D eigenvalue weighted by Crippen LogP contribution is 2.27. The number of pyridine rings is 1. The predicted octanol–water partition coefficient (Wildman–Crippen LogP) is 3.95. The van der Waals surface area contributed by atoms with Crippen molar-refractivity contribution in [3.63, 3.8) is 0 Å². The lowest BCUT2D eigenvalue weighted by Gasteiger charge is -2.26. The van der Waals surface area contributed by atoms with Crippen molar-refractivity contribution >= 4 is 45.8 Å². The van der Waals surface area contributed by atoms with Gasteiger partial charge in [0.25, 0.3) is 5.91 Å². The molecule has 4 rings (SSSR count). The number of amides is 1. The molecule has 1 saturated heterocycles. The van der Waals surface area contributed by atoms with E-state index in [0.717, 1.165) is 24.0 Å². The summed E-state index contributed by atoms with van der Waals surface area (Å²) >= 11 is 12.2. The van der Waals surface area contributed by atoms with Crippen molar-refractivity contribution in [1.29, 1.82) is 0 Å². The monoisotopic (exact) mass is 404 g/mol. The molecule has 0 unspecified atom stereocenters. The summed E-state index contributed by atoms with van der Waals surface area (Å²) in [5.41, 5.74) is 2.51. The number of hydrogen-bond acceptors (Lipinski definition) is 4. The van der Waals surface area contributed by atoms with Crippen LogP contribution in [0.2, 0.25) is 10.2 Å². The van der Waals surface area contributed by atoms with Gasteiger partial charge in [-0.05, 0) is 24.3 Å². The van der Waals surface area contributed by atoms with Gasteiger partial charge in [-0.1, -0.05) is 35.3 Å². The van der Waals surface area contributed by atoms with Crippen molar-refractivity contribution in [2.75, 3.05) is 31.6 Å². The quantitative estimate of drug-likeness (QED) is 0.645. The van der Waals surface area contributed by atoms with Crippen molar-refractivity contribution in [3.8, 4) is 0 Å². The molecule has 2 aromatic heterocycles. The van der Waals surface area contributed by atoms with Crippen LogP contribution in [0.1, 0.15) is 16.1 Å². The van der Waals surface area contributed by atoms with E-state index in [1.165, 1.54) is 0 Å². The van der Waals surface area contributed by atoms with Crippen molar-refractivity contribution < 1.29 is 9.53 Å². The van der Waals surface area contributed by atoms with Gasteiger partial charge in [-0.25, -0.2) is 4.98 Å². The molecule has 140 valence electrons. The van der Waals surface area contributed by atoms with Crippen molar-refractivity contribution in [3.05, 3.63) is 57.8 Å². The summed E-state index contributed by atoms with van der Waals surface area (Å²) in [4.78, 5) is 22.7. The van der Waals surface area contributed by atoms with E-state index in [2.05, 4.69) is 20.2 Å². The number of carbonyl (C=O) groups is 1. The van der Waals surface area contributed by atoms with E-state index in [0.29, 0.717) is 47.0 Å². The lowest BCUT2D eigenvalue weighted by molar-refractivity contribution is 0.0342. The normalized spacial score (nSPS) is 15.2. The van der Waals surface area contributed by atoms with Gasteiger partial charge >= 0.3 is 0 Å². The lowest BCUT2D eigenvalue weighted by atomic mass is 10.1. The standard InChI is InChI=1S/C19H18Cl2N4O2/c20-14-3-1-2-4-15(14)22-19(26)17-13(11-25-7-9-27-10-8-25)12-5-6-16(21)23-18(12)24-17/h1-6H,7-11H2,(H,22,26)(H,23,24). The summed E-state index contributed by atoms with van der Waals surface area (Å²) in [7, 11) is 0. The number of morpholine rings is 1. The first-order valence-electron chi connectivity index (χ1n) is 8.65. The van der Waals surface area contributed by atoms with E-state index in [-0.39, 0.29) is 5.91 Å². The number of ether oxygens (including phenoxy) is 1. The fourth-order valence-electron chi connectivity index (χ4n) is 3.19. The second-order valence-corrected chi connectivity index (χ2v) is 7.13. The van der Waals surface area contributed by atoms with E-state index in [4.69, 9.17) is 27.9 Å². The molecule has 0 aliphatic carbocycles. The Morgan fingerprint density at radius 3 is 2.74 bits per heavy atom. The van der Waals surface area contributed by atoms with E-state index in [9.17, 15) is 4.79 Å². The second-order valence-electron chi connectivity index (χ2n) is 6.33. The average molecular weight is 405 g/mol. The Hall–Kier alpha value is -2.12. The zero-order valence-electron chi connectivity index (χ0n) is 14.5. The fourth-order valence-corrected chi connectivity index (χ4v) is 3.52. The highest BCUT2D eigenvalue weighted by Gasteiger charge is 2.22. The molecule has 27 heavy (non-hydrogen) atoms. The number of hydrogen-bond donors (Lipinski definition) is 2. The maximum Gasteiger partial charge on any atom is 0.272 e. The predicted molar refractivity (Wildman–Crippen MR) is 107 cm³/mol. The number of anilines is 1. The Labute approximate surface area is 166 Å². The first-order chi connectivity index (χ1) is 13.1. The Kier molecular flexibility index (Phi) is 5.31. The van der Waals surface area contributed by atoms with Crippen LogP contribution in [0, 0.1) is 0 Å². The Balaban J connectivity index is 1.70. The van der Waals surface area contributed by atoms with Crippen molar-refractivity contribution in [2.24, 2.45) is 0 Å². The number of nitrogens with one attached hydrogen (secondary N) is 2. The van der Waals surface area contributed by atoms with E-state index < -0.39 is 0 Å². The molecule has 1 fully saturated rings. The van der Waals surface area contributed by atoms with E-state index in [1.54, 1.807) is 18.2 Å². The molecular formula is C19H18Cl2N4O2. The minimum absolute atomic E-state index is 0.263. The molecule has 1 amide bonds. The molecule has 0 saturated carbocycles. The third-order valence-electron chi connectivity index (χ3n) is 4.57. The molecule has 1 aliphatic heterocycles. The van der Waals surface area contributed by atoms with Gasteiger partial charge in [0.05, 0.1) is 23.9 Å². The number of benzene rings is 1. The Bertz CT molecular complexity index is 983. The molecule has 6 nitrogen and oxygen atoms in total. The fraction of sp³-hybridized carbons (Fsp3) is 0.263. The van der Waals surface area contributed by atoms with Gasteiger partial charge in [-0.15, -0.1) is 0 Å². The summed E-state index contributed by atoms with van der Waals surface area (Å²) in [5.74, 6) is -0.263. The van der Waals surface area contributed by atoms with Crippen LogP contribution in [0.5, 0.6) is 0 Å². The van der Waals surface area contributed by atoms with Crippen molar-refractivity contribution in [2.45, 2.75) is 6.54 Å². The molecule has 0 atom stereocenters. The van der Waals surface area contributed by atoms with E-state index >= 15 is 0 Å². The average Bonchev–Trinajstić information content (AvgIpc) is 3.02. The number of H-pyrrole nitrogens is 1. The zero-order chi connectivity index (χ0) is 18.8. The summed E-state index contributed by atoms with van der Waals surface area (Å²) < 4.78 is 5.42. The molecule has 0 bridgehead atoms. The molecule has 8 heteroatoms. The highest BCUT2D eigenvalue weighted by atomic mass is 35.5. The number of aromatic amines is 1. The number of fused-ring (bicyclic) bond motifs is 1. The lowest BCUT2D eigenvalue weighted by Crippen LogP contribution is -2.36. The largest absolute Gasteiger partial charge is 0.379 e. The number of aromatic nitrogens is 2. The molecule has 2 N–H and O–H groups in total. The van der Waals surface area contributed by atoms with Gasteiger partial charge in [-0.3, -0.25) is 9.69 Å². The van der Waals surface area contributed by atoms with Crippen LogP contribution in [0.25, 0.3) is 11.0 Å². The molecule has 3 heterocycles. The van der Waals surface area contributed by atoms with Crippen LogP contribution in [0.15, 0.2) is 36.4 Å². The Morgan fingerprint density at radius 1 is 1.19 bits per heavy atom. The van der Waals surface area contributed by atoms with Gasteiger partial charge < -0.3 is 15.0 Å². The maximum atomic E-state index is 13.0. The van der Waals surface area contributed by atoms with Crippen LogP contribution in [0.4, 0.5) is 5.69 Å². The van der Waals surface area contributed by atoms with Crippen LogP contribution in [-0.4, -0.2) is 47.1 Å². The minimum atomic E-state index is -0.263. The van der Waals surface area contributed by atoms with Gasteiger partial charge in [0.2, 0.25) is 0 Å². The second kappa shape index (κ2) is 7.86. The summed E-state index contributed by atoms with van der Waals surface area (Å²) in [6.45, 7) is 3.64. The van der Waals surface area contributed by atoms with E-state index in [1.807, 2.05) is 18.2 Å². The molecule has 0 radical (unpaired) electrons. The van der Waals surface area contributed by atoms with Crippen LogP contribution >= 0.6 is 23.2 Å². The van der Waals surface area contributed by atoms with Crippen LogP contribution < -0.4 is 5.32 Å². The summed E-state index contributed by atoms with van der Waals surface area (Å²) in [6.07, 6.45) is 0. The number of halogens is 2. The third kappa shape index (κ3) is 3.94. The number of rotatable bonds is 4. The first-order valence-corrected chi connectivity index (χ1v) is 9.40. The third-order valence-corrected chi connectivity index (χ3v) is 5.11. The molecule has 3 aromatic rings. The summed E-state index contributed by atoms with van der Waals surface area (Å²) in [5, 5.41) is 4.62.